The average molecular weight is 299 g/mol. The van der Waals surface area contributed by atoms with E-state index in [-0.39, 0.29) is 5.91 Å². The van der Waals surface area contributed by atoms with Gasteiger partial charge in [-0.05, 0) is 49.2 Å². The molecule has 0 fully saturated rings. The van der Waals surface area contributed by atoms with Crippen LogP contribution in [0.2, 0.25) is 0 Å². The maximum atomic E-state index is 12.2. The van der Waals surface area contributed by atoms with Gasteiger partial charge in [0.05, 0.1) is 6.61 Å². The van der Waals surface area contributed by atoms with Gasteiger partial charge in [-0.25, -0.2) is 0 Å². The van der Waals surface area contributed by atoms with E-state index in [1.807, 2.05) is 55.5 Å². The van der Waals surface area contributed by atoms with Gasteiger partial charge in [-0.3, -0.25) is 4.79 Å². The number of hydrogen-bond acceptors (Lipinski definition) is 3. The van der Waals surface area contributed by atoms with Crippen LogP contribution in [0.15, 0.2) is 48.5 Å². The summed E-state index contributed by atoms with van der Waals surface area (Å²) in [4.78, 5) is 12.2. The molecule has 2 aromatic carbocycles. The zero-order chi connectivity index (χ0) is 15.9. The number of benzene rings is 2. The Morgan fingerprint density at radius 3 is 2.68 bits per heavy atom. The summed E-state index contributed by atoms with van der Waals surface area (Å²) in [7, 11) is 1.64. The number of aryl methyl sites for hydroxylation is 1. The van der Waals surface area contributed by atoms with E-state index in [2.05, 4.69) is 5.32 Å². The van der Waals surface area contributed by atoms with Crippen molar-refractivity contribution in [1.82, 2.24) is 0 Å². The number of carbonyl (C=O) groups is 1. The van der Waals surface area contributed by atoms with Crippen molar-refractivity contribution in [2.45, 2.75) is 26.6 Å². The lowest BCUT2D eigenvalue weighted by Crippen LogP contribution is -2.30. The standard InChI is InChI=1S/C18H21NO3/c1-13-6-4-9-17(10-13)22-14(2)18(20)19-16-8-5-7-15(11-16)12-21-3/h4-11,14H,12H2,1-3H3,(H,19,20)/t14-/m1/s1. The highest BCUT2D eigenvalue weighted by molar-refractivity contribution is 5.94. The van der Waals surface area contributed by atoms with Crippen molar-refractivity contribution in [2.75, 3.05) is 12.4 Å². The molecule has 0 unspecified atom stereocenters. The zero-order valence-corrected chi connectivity index (χ0v) is 13.1. The molecule has 116 valence electrons. The molecule has 0 aliphatic rings. The number of rotatable bonds is 6. The monoisotopic (exact) mass is 299 g/mol. The molecule has 1 N–H and O–H groups in total. The topological polar surface area (TPSA) is 47.6 Å². The number of methoxy groups -OCH3 is 1. The molecule has 1 atom stereocenters. The van der Waals surface area contributed by atoms with Crippen molar-refractivity contribution < 1.29 is 14.3 Å². The maximum absolute atomic E-state index is 12.2. The van der Waals surface area contributed by atoms with Crippen LogP contribution >= 0.6 is 0 Å². The number of hydrogen-bond donors (Lipinski definition) is 1. The summed E-state index contributed by atoms with van der Waals surface area (Å²) in [5, 5.41) is 2.86. The second kappa shape index (κ2) is 7.61. The second-order valence-corrected chi connectivity index (χ2v) is 5.20. The summed E-state index contributed by atoms with van der Waals surface area (Å²) in [6, 6.07) is 15.2. The second-order valence-electron chi connectivity index (χ2n) is 5.20. The Labute approximate surface area is 131 Å². The van der Waals surface area contributed by atoms with Gasteiger partial charge in [0, 0.05) is 12.8 Å². The van der Waals surface area contributed by atoms with Crippen molar-refractivity contribution in [3.63, 3.8) is 0 Å². The summed E-state index contributed by atoms with van der Waals surface area (Å²) in [6.07, 6.45) is -0.576. The van der Waals surface area contributed by atoms with Crippen LogP contribution in [0, 0.1) is 6.92 Å². The SMILES string of the molecule is COCc1cccc(NC(=O)[C@@H](C)Oc2cccc(C)c2)c1. The summed E-state index contributed by atoms with van der Waals surface area (Å²) in [5.74, 6) is 0.506. The summed E-state index contributed by atoms with van der Waals surface area (Å²) in [6.45, 7) is 4.23. The normalized spacial score (nSPS) is 11.8. The zero-order valence-electron chi connectivity index (χ0n) is 13.1. The number of ether oxygens (including phenoxy) is 2. The van der Waals surface area contributed by atoms with E-state index in [0.717, 1.165) is 16.8 Å². The predicted molar refractivity (Wildman–Crippen MR) is 87.1 cm³/mol. The van der Waals surface area contributed by atoms with Crippen molar-refractivity contribution in [3.8, 4) is 5.75 Å². The molecule has 0 bridgehead atoms. The minimum Gasteiger partial charge on any atom is -0.481 e. The Hall–Kier alpha value is -2.33. The first-order chi connectivity index (χ1) is 10.6. The van der Waals surface area contributed by atoms with Gasteiger partial charge in [-0.2, -0.15) is 0 Å². The summed E-state index contributed by atoms with van der Waals surface area (Å²) in [5.41, 5.74) is 2.84. The smallest absolute Gasteiger partial charge is 0.265 e. The van der Waals surface area contributed by atoms with Crippen LogP contribution in [0.4, 0.5) is 5.69 Å². The minimum absolute atomic E-state index is 0.184. The first kappa shape index (κ1) is 16.0. The van der Waals surface area contributed by atoms with Crippen LogP contribution in [0.3, 0.4) is 0 Å². The maximum Gasteiger partial charge on any atom is 0.265 e. The lowest BCUT2D eigenvalue weighted by atomic mass is 10.2. The first-order valence-corrected chi connectivity index (χ1v) is 7.20. The third-order valence-electron chi connectivity index (χ3n) is 3.18. The minimum atomic E-state index is -0.576. The number of carbonyl (C=O) groups excluding carboxylic acids is 1. The molecular formula is C18H21NO3. The van der Waals surface area contributed by atoms with Crippen molar-refractivity contribution in [1.29, 1.82) is 0 Å². The van der Waals surface area contributed by atoms with Crippen LogP contribution in [0.1, 0.15) is 18.1 Å². The number of nitrogens with one attached hydrogen (secondary N) is 1. The largest absolute Gasteiger partial charge is 0.481 e. The molecule has 0 saturated carbocycles. The summed E-state index contributed by atoms with van der Waals surface area (Å²) >= 11 is 0. The van der Waals surface area contributed by atoms with Crippen LogP contribution in [0.5, 0.6) is 5.75 Å². The van der Waals surface area contributed by atoms with E-state index in [9.17, 15) is 4.79 Å². The van der Waals surface area contributed by atoms with E-state index in [1.54, 1.807) is 14.0 Å². The highest BCUT2D eigenvalue weighted by Crippen LogP contribution is 2.16. The van der Waals surface area contributed by atoms with E-state index in [0.29, 0.717) is 12.4 Å². The highest BCUT2D eigenvalue weighted by Gasteiger charge is 2.15. The predicted octanol–water partition coefficient (Wildman–Crippen LogP) is 3.55. The number of amides is 1. The van der Waals surface area contributed by atoms with E-state index in [4.69, 9.17) is 9.47 Å². The summed E-state index contributed by atoms with van der Waals surface area (Å²) < 4.78 is 10.8. The molecule has 4 heteroatoms. The third-order valence-corrected chi connectivity index (χ3v) is 3.18. The molecule has 0 heterocycles. The van der Waals surface area contributed by atoms with Crippen LogP contribution in [-0.4, -0.2) is 19.1 Å². The first-order valence-electron chi connectivity index (χ1n) is 7.20. The number of anilines is 1. The third kappa shape index (κ3) is 4.60. The Morgan fingerprint density at radius 1 is 1.18 bits per heavy atom. The van der Waals surface area contributed by atoms with E-state index in [1.165, 1.54) is 0 Å². The van der Waals surface area contributed by atoms with Crippen LogP contribution < -0.4 is 10.1 Å². The molecule has 0 radical (unpaired) electrons. The van der Waals surface area contributed by atoms with Crippen molar-refractivity contribution in [2.24, 2.45) is 0 Å². The van der Waals surface area contributed by atoms with Gasteiger partial charge in [0.2, 0.25) is 0 Å². The fraction of sp³-hybridized carbons (Fsp3) is 0.278. The van der Waals surface area contributed by atoms with E-state index >= 15 is 0 Å². The van der Waals surface area contributed by atoms with Gasteiger partial charge in [0.15, 0.2) is 6.10 Å². The Kier molecular flexibility index (Phi) is 5.55. The van der Waals surface area contributed by atoms with Crippen molar-refractivity contribution in [3.05, 3.63) is 59.7 Å². The molecule has 4 nitrogen and oxygen atoms in total. The lowest BCUT2D eigenvalue weighted by Gasteiger charge is -2.15. The molecule has 0 aliphatic heterocycles. The molecule has 1 amide bonds. The fourth-order valence-electron chi connectivity index (χ4n) is 2.10. The quantitative estimate of drug-likeness (QED) is 0.887. The fourth-order valence-corrected chi connectivity index (χ4v) is 2.10. The van der Waals surface area contributed by atoms with Gasteiger partial charge in [-0.15, -0.1) is 0 Å². The van der Waals surface area contributed by atoms with Gasteiger partial charge in [-0.1, -0.05) is 24.3 Å². The van der Waals surface area contributed by atoms with Crippen molar-refractivity contribution >= 4 is 11.6 Å². The Bertz CT molecular complexity index is 640. The molecule has 2 aromatic rings. The average Bonchev–Trinajstić information content (AvgIpc) is 2.48. The molecule has 2 rings (SSSR count). The molecular weight excluding hydrogens is 278 g/mol. The van der Waals surface area contributed by atoms with Gasteiger partial charge in [0.25, 0.3) is 5.91 Å². The van der Waals surface area contributed by atoms with Gasteiger partial charge >= 0.3 is 0 Å². The Morgan fingerprint density at radius 2 is 1.95 bits per heavy atom. The van der Waals surface area contributed by atoms with E-state index < -0.39 is 6.10 Å². The molecule has 0 aliphatic carbocycles. The highest BCUT2D eigenvalue weighted by atomic mass is 16.5. The van der Waals surface area contributed by atoms with Crippen LogP contribution in [0.25, 0.3) is 0 Å². The van der Waals surface area contributed by atoms with Crippen LogP contribution in [-0.2, 0) is 16.1 Å². The lowest BCUT2D eigenvalue weighted by molar-refractivity contribution is -0.122. The molecule has 0 saturated heterocycles. The molecule has 22 heavy (non-hydrogen) atoms. The molecule has 0 spiro atoms. The van der Waals surface area contributed by atoms with Gasteiger partial charge < -0.3 is 14.8 Å². The Balaban J connectivity index is 1.97. The van der Waals surface area contributed by atoms with Gasteiger partial charge in [0.1, 0.15) is 5.75 Å². The molecule has 0 aromatic heterocycles.